The van der Waals surface area contributed by atoms with Gasteiger partial charge in [0.25, 0.3) is 0 Å². The van der Waals surface area contributed by atoms with Gasteiger partial charge in [-0.15, -0.1) is 0 Å². The van der Waals surface area contributed by atoms with Crippen LogP contribution >= 0.6 is 0 Å². The Morgan fingerprint density at radius 2 is 1.89 bits per heavy atom. The van der Waals surface area contributed by atoms with Crippen LogP contribution in [0.25, 0.3) is 11.3 Å². The molecule has 4 heteroatoms. The molecule has 0 aliphatic heterocycles. The first kappa shape index (κ1) is 12.4. The Kier molecular flexibility index (Phi) is 3.19. The van der Waals surface area contributed by atoms with Crippen LogP contribution in [-0.2, 0) is 0 Å². The molecule has 1 heterocycles. The second-order valence-corrected chi connectivity index (χ2v) is 4.33. The van der Waals surface area contributed by atoms with Gasteiger partial charge >= 0.3 is 5.69 Å². The third kappa shape index (κ3) is 2.01. The van der Waals surface area contributed by atoms with Crippen molar-refractivity contribution in [2.45, 2.75) is 20.8 Å². The molecule has 0 aliphatic rings. The molecule has 0 bridgehead atoms. The van der Waals surface area contributed by atoms with Crippen LogP contribution < -0.4 is 10.4 Å². The molecule has 0 radical (unpaired) electrons. The van der Waals surface area contributed by atoms with Crippen LogP contribution in [0.15, 0.2) is 23.1 Å². The highest BCUT2D eigenvalue weighted by Crippen LogP contribution is 2.34. The standard InChI is InChI=1S/C14H16N2O2/c1-8-5-6-11(13(18-4)10(8)3)12-9(2)7-15-14(17)16-12/h5-7H,1-4H3,(H,15,16,17). The van der Waals surface area contributed by atoms with Gasteiger partial charge in [0.2, 0.25) is 0 Å². The first-order valence-corrected chi connectivity index (χ1v) is 5.75. The van der Waals surface area contributed by atoms with E-state index in [1.807, 2.05) is 32.9 Å². The zero-order valence-corrected chi connectivity index (χ0v) is 11.0. The molecule has 0 unspecified atom stereocenters. The van der Waals surface area contributed by atoms with Gasteiger partial charge in [0.15, 0.2) is 0 Å². The van der Waals surface area contributed by atoms with Crippen LogP contribution in [0.4, 0.5) is 0 Å². The number of rotatable bonds is 2. The number of ether oxygens (including phenoxy) is 1. The highest BCUT2D eigenvalue weighted by Gasteiger charge is 2.13. The van der Waals surface area contributed by atoms with E-state index in [1.54, 1.807) is 13.3 Å². The highest BCUT2D eigenvalue weighted by atomic mass is 16.5. The number of H-pyrrole nitrogens is 1. The minimum Gasteiger partial charge on any atom is -0.496 e. The van der Waals surface area contributed by atoms with Crippen LogP contribution in [0, 0.1) is 20.8 Å². The molecule has 0 atom stereocenters. The minimum absolute atomic E-state index is 0.351. The number of aryl methyl sites for hydroxylation is 2. The van der Waals surface area contributed by atoms with Gasteiger partial charge < -0.3 is 9.72 Å². The molecule has 1 aromatic carbocycles. The maximum atomic E-state index is 11.4. The predicted molar refractivity (Wildman–Crippen MR) is 71.1 cm³/mol. The SMILES string of the molecule is COc1c(-c2[nH]c(=O)ncc2C)ccc(C)c1C. The lowest BCUT2D eigenvalue weighted by molar-refractivity contribution is 0.413. The summed E-state index contributed by atoms with van der Waals surface area (Å²) < 4.78 is 5.46. The molecule has 0 aliphatic carbocycles. The summed E-state index contributed by atoms with van der Waals surface area (Å²) in [5, 5.41) is 0. The van der Waals surface area contributed by atoms with Crippen molar-refractivity contribution >= 4 is 0 Å². The fourth-order valence-corrected chi connectivity index (χ4v) is 1.99. The molecule has 18 heavy (non-hydrogen) atoms. The van der Waals surface area contributed by atoms with E-state index in [0.29, 0.717) is 0 Å². The molecule has 2 aromatic rings. The number of nitrogens with one attached hydrogen (secondary N) is 1. The van der Waals surface area contributed by atoms with Gasteiger partial charge in [0, 0.05) is 11.8 Å². The van der Waals surface area contributed by atoms with Crippen LogP contribution in [0.3, 0.4) is 0 Å². The van der Waals surface area contributed by atoms with Crippen molar-refractivity contribution in [3.8, 4) is 17.0 Å². The molecule has 2 rings (SSSR count). The smallest absolute Gasteiger partial charge is 0.345 e. The number of benzene rings is 1. The lowest BCUT2D eigenvalue weighted by atomic mass is 10.0. The van der Waals surface area contributed by atoms with Crippen LogP contribution in [0.5, 0.6) is 5.75 Å². The Labute approximate surface area is 106 Å². The molecule has 0 amide bonds. The fourth-order valence-electron chi connectivity index (χ4n) is 1.99. The predicted octanol–water partition coefficient (Wildman–Crippen LogP) is 2.37. The fraction of sp³-hybridized carbons (Fsp3) is 0.286. The quantitative estimate of drug-likeness (QED) is 0.882. The summed E-state index contributed by atoms with van der Waals surface area (Å²) in [7, 11) is 1.64. The number of aromatic nitrogens is 2. The Morgan fingerprint density at radius 1 is 1.17 bits per heavy atom. The first-order chi connectivity index (χ1) is 8.54. The lowest BCUT2D eigenvalue weighted by Crippen LogP contribution is -2.11. The van der Waals surface area contributed by atoms with E-state index >= 15 is 0 Å². The highest BCUT2D eigenvalue weighted by molar-refractivity contribution is 5.72. The zero-order chi connectivity index (χ0) is 13.3. The van der Waals surface area contributed by atoms with Gasteiger partial charge in [-0.1, -0.05) is 6.07 Å². The van der Waals surface area contributed by atoms with Gasteiger partial charge in [0.05, 0.1) is 12.8 Å². The van der Waals surface area contributed by atoms with Gasteiger partial charge in [-0.2, -0.15) is 0 Å². The summed E-state index contributed by atoms with van der Waals surface area (Å²) in [5.41, 5.74) is 4.44. The number of hydrogen-bond donors (Lipinski definition) is 1. The van der Waals surface area contributed by atoms with Crippen molar-refractivity contribution in [2.75, 3.05) is 7.11 Å². The third-order valence-electron chi connectivity index (χ3n) is 3.15. The van der Waals surface area contributed by atoms with Crippen molar-refractivity contribution < 1.29 is 4.74 Å². The molecule has 4 nitrogen and oxygen atoms in total. The average Bonchev–Trinajstić information content (AvgIpc) is 2.35. The van der Waals surface area contributed by atoms with E-state index < -0.39 is 0 Å². The first-order valence-electron chi connectivity index (χ1n) is 5.75. The van der Waals surface area contributed by atoms with Crippen molar-refractivity contribution in [1.29, 1.82) is 0 Å². The van der Waals surface area contributed by atoms with E-state index in [4.69, 9.17) is 4.74 Å². The average molecular weight is 244 g/mol. The van der Waals surface area contributed by atoms with E-state index in [2.05, 4.69) is 9.97 Å². The Bertz CT molecular complexity index is 645. The van der Waals surface area contributed by atoms with Gasteiger partial charge in [0.1, 0.15) is 5.75 Å². The molecule has 1 N–H and O–H groups in total. The van der Waals surface area contributed by atoms with Crippen LogP contribution in [-0.4, -0.2) is 17.1 Å². The van der Waals surface area contributed by atoms with E-state index in [9.17, 15) is 4.79 Å². The molecule has 0 spiro atoms. The monoisotopic (exact) mass is 244 g/mol. The van der Waals surface area contributed by atoms with Crippen molar-refractivity contribution in [3.63, 3.8) is 0 Å². The molecule has 1 aromatic heterocycles. The Morgan fingerprint density at radius 3 is 2.56 bits per heavy atom. The van der Waals surface area contributed by atoms with Gasteiger partial charge in [-0.25, -0.2) is 9.78 Å². The van der Waals surface area contributed by atoms with Crippen LogP contribution in [0.1, 0.15) is 16.7 Å². The normalized spacial score (nSPS) is 10.4. The summed E-state index contributed by atoms with van der Waals surface area (Å²) in [6.07, 6.45) is 1.57. The minimum atomic E-state index is -0.351. The number of aromatic amines is 1. The van der Waals surface area contributed by atoms with Crippen molar-refractivity contribution in [3.05, 3.63) is 45.5 Å². The summed E-state index contributed by atoms with van der Waals surface area (Å²) in [6.45, 7) is 5.95. The summed E-state index contributed by atoms with van der Waals surface area (Å²) >= 11 is 0. The molecule has 94 valence electrons. The number of hydrogen-bond acceptors (Lipinski definition) is 3. The van der Waals surface area contributed by atoms with Gasteiger partial charge in [-0.3, -0.25) is 0 Å². The van der Waals surface area contributed by atoms with Crippen molar-refractivity contribution in [2.24, 2.45) is 0 Å². The lowest BCUT2D eigenvalue weighted by Gasteiger charge is -2.14. The molecule has 0 saturated carbocycles. The van der Waals surface area contributed by atoms with E-state index in [-0.39, 0.29) is 5.69 Å². The molecular weight excluding hydrogens is 228 g/mol. The summed E-state index contributed by atoms with van der Waals surface area (Å²) in [5.74, 6) is 0.792. The second-order valence-electron chi connectivity index (χ2n) is 4.33. The largest absolute Gasteiger partial charge is 0.496 e. The summed E-state index contributed by atoms with van der Waals surface area (Å²) in [4.78, 5) is 17.8. The number of methoxy groups -OCH3 is 1. The Hall–Kier alpha value is -2.10. The maximum absolute atomic E-state index is 11.4. The van der Waals surface area contributed by atoms with Crippen molar-refractivity contribution in [1.82, 2.24) is 9.97 Å². The van der Waals surface area contributed by atoms with Crippen LogP contribution in [0.2, 0.25) is 0 Å². The number of nitrogens with zero attached hydrogens (tertiary/aromatic N) is 1. The molecular formula is C14H16N2O2. The zero-order valence-electron chi connectivity index (χ0n) is 11.0. The molecule has 0 saturated heterocycles. The second kappa shape index (κ2) is 4.64. The maximum Gasteiger partial charge on any atom is 0.345 e. The third-order valence-corrected chi connectivity index (χ3v) is 3.15. The van der Waals surface area contributed by atoms with E-state index in [1.165, 1.54) is 0 Å². The van der Waals surface area contributed by atoms with E-state index in [0.717, 1.165) is 33.7 Å². The molecule has 0 fully saturated rings. The summed E-state index contributed by atoms with van der Waals surface area (Å²) in [6, 6.07) is 3.98. The Balaban J connectivity index is 2.75. The topological polar surface area (TPSA) is 55.0 Å². The van der Waals surface area contributed by atoms with Gasteiger partial charge in [-0.05, 0) is 43.5 Å².